The summed E-state index contributed by atoms with van der Waals surface area (Å²) in [6.07, 6.45) is 1.55. The van der Waals surface area contributed by atoms with Gasteiger partial charge in [0.25, 0.3) is 0 Å². The number of hydrogen-bond acceptors (Lipinski definition) is 5. The van der Waals surface area contributed by atoms with Crippen LogP contribution in [0.4, 0.5) is 4.39 Å². The predicted octanol–water partition coefficient (Wildman–Crippen LogP) is 3.32. The van der Waals surface area contributed by atoms with E-state index in [1.54, 1.807) is 30.5 Å². The van der Waals surface area contributed by atoms with Crippen LogP contribution in [0.25, 0.3) is 11.5 Å². The van der Waals surface area contributed by atoms with Gasteiger partial charge in [0.1, 0.15) is 12.1 Å². The highest BCUT2D eigenvalue weighted by Crippen LogP contribution is 2.24. The first kappa shape index (κ1) is 19.2. The van der Waals surface area contributed by atoms with Crippen LogP contribution in [0.15, 0.2) is 64.1 Å². The molecule has 0 aliphatic heterocycles. The lowest BCUT2D eigenvalue weighted by Gasteiger charge is -2.24. The third-order valence-electron chi connectivity index (χ3n) is 4.39. The first-order valence-corrected chi connectivity index (χ1v) is 9.82. The van der Waals surface area contributed by atoms with Gasteiger partial charge in [0, 0.05) is 18.2 Å². The Morgan fingerprint density at radius 2 is 1.93 bits per heavy atom. The Kier molecular flexibility index (Phi) is 5.41. The zero-order chi connectivity index (χ0) is 19.6. The summed E-state index contributed by atoms with van der Waals surface area (Å²) in [5.41, 5.74) is 2.24. The number of oxazole rings is 1. The van der Waals surface area contributed by atoms with Crippen LogP contribution in [0.2, 0.25) is 0 Å². The second-order valence-corrected chi connectivity index (χ2v) is 7.92. The number of primary sulfonamides is 1. The second-order valence-electron chi connectivity index (χ2n) is 6.36. The van der Waals surface area contributed by atoms with Crippen molar-refractivity contribution >= 4 is 10.0 Å². The average molecular weight is 389 g/mol. The molecule has 1 atom stereocenters. The van der Waals surface area contributed by atoms with Crippen LogP contribution < -0.4 is 5.14 Å². The molecule has 0 aliphatic rings. The van der Waals surface area contributed by atoms with Crippen molar-refractivity contribution in [3.8, 4) is 11.5 Å². The Labute approximate surface area is 157 Å². The fourth-order valence-corrected chi connectivity index (χ4v) is 3.23. The number of rotatable bonds is 6. The van der Waals surface area contributed by atoms with Gasteiger partial charge < -0.3 is 4.42 Å². The summed E-state index contributed by atoms with van der Waals surface area (Å²) in [5.74, 6) is 0.0176. The van der Waals surface area contributed by atoms with Crippen molar-refractivity contribution in [3.05, 3.63) is 71.9 Å². The highest BCUT2D eigenvalue weighted by molar-refractivity contribution is 7.89. The minimum Gasteiger partial charge on any atom is -0.444 e. The quantitative estimate of drug-likeness (QED) is 0.698. The number of nitrogens with zero attached hydrogens (tertiary/aromatic N) is 2. The highest BCUT2D eigenvalue weighted by atomic mass is 32.2. The molecule has 2 aromatic carbocycles. The summed E-state index contributed by atoms with van der Waals surface area (Å²) in [4.78, 5) is 6.53. The zero-order valence-corrected chi connectivity index (χ0v) is 15.8. The monoisotopic (exact) mass is 389 g/mol. The topological polar surface area (TPSA) is 89.4 Å². The van der Waals surface area contributed by atoms with Crippen LogP contribution in [0, 0.1) is 5.82 Å². The number of sulfonamides is 1. The minimum absolute atomic E-state index is 0.00819. The van der Waals surface area contributed by atoms with Crippen molar-refractivity contribution in [1.29, 1.82) is 0 Å². The van der Waals surface area contributed by atoms with Gasteiger partial charge in [-0.15, -0.1) is 0 Å². The van der Waals surface area contributed by atoms with Crippen molar-refractivity contribution in [1.82, 2.24) is 9.88 Å². The van der Waals surface area contributed by atoms with Gasteiger partial charge in [0.2, 0.25) is 15.9 Å². The normalized spacial score (nSPS) is 13.1. The molecule has 0 fully saturated rings. The van der Waals surface area contributed by atoms with Crippen molar-refractivity contribution in [3.63, 3.8) is 0 Å². The van der Waals surface area contributed by atoms with Crippen LogP contribution in [0.1, 0.15) is 24.2 Å². The molecule has 0 radical (unpaired) electrons. The van der Waals surface area contributed by atoms with E-state index in [9.17, 15) is 12.8 Å². The maximum atomic E-state index is 13.3. The van der Waals surface area contributed by atoms with Gasteiger partial charge in [-0.1, -0.05) is 18.2 Å². The third kappa shape index (κ3) is 4.60. The van der Waals surface area contributed by atoms with Gasteiger partial charge in [-0.3, -0.25) is 4.90 Å². The maximum absolute atomic E-state index is 13.3. The molecule has 8 heteroatoms. The van der Waals surface area contributed by atoms with Gasteiger partial charge in [-0.25, -0.2) is 22.9 Å². The van der Waals surface area contributed by atoms with E-state index in [1.165, 1.54) is 24.3 Å². The number of hydrogen-bond donors (Lipinski definition) is 1. The molecule has 0 bridgehead atoms. The standard InChI is InChI=1S/C19H20FN3O3S/c1-13(14-6-8-18(9-7-14)27(21,24)25)23(2)11-17-12-26-19(22-17)15-4-3-5-16(20)10-15/h3-10,12-13H,11H2,1-2H3,(H2,21,24,25). The summed E-state index contributed by atoms with van der Waals surface area (Å²) in [7, 11) is -1.78. The summed E-state index contributed by atoms with van der Waals surface area (Å²) < 4.78 is 41.5. The molecule has 2 N–H and O–H groups in total. The third-order valence-corrected chi connectivity index (χ3v) is 5.32. The smallest absolute Gasteiger partial charge is 0.238 e. The zero-order valence-electron chi connectivity index (χ0n) is 15.0. The summed E-state index contributed by atoms with van der Waals surface area (Å²) in [6.45, 7) is 2.51. The van der Waals surface area contributed by atoms with Gasteiger partial charge in [0.05, 0.1) is 10.6 Å². The van der Waals surface area contributed by atoms with E-state index in [1.807, 2.05) is 18.9 Å². The van der Waals surface area contributed by atoms with Crippen molar-refractivity contribution in [2.75, 3.05) is 7.05 Å². The highest BCUT2D eigenvalue weighted by Gasteiger charge is 2.16. The van der Waals surface area contributed by atoms with Gasteiger partial charge in [0.15, 0.2) is 0 Å². The van der Waals surface area contributed by atoms with Crippen molar-refractivity contribution in [2.45, 2.75) is 24.4 Å². The Hall–Kier alpha value is -2.55. The molecular weight excluding hydrogens is 369 g/mol. The summed E-state index contributed by atoms with van der Waals surface area (Å²) >= 11 is 0. The van der Waals surface area contributed by atoms with Crippen LogP contribution in [-0.4, -0.2) is 25.3 Å². The Balaban J connectivity index is 1.71. The first-order valence-electron chi connectivity index (χ1n) is 8.27. The van der Waals surface area contributed by atoms with E-state index < -0.39 is 10.0 Å². The Bertz CT molecular complexity index is 1030. The van der Waals surface area contributed by atoms with Crippen molar-refractivity contribution < 1.29 is 17.2 Å². The average Bonchev–Trinajstić information content (AvgIpc) is 3.09. The number of benzene rings is 2. The molecule has 1 unspecified atom stereocenters. The minimum atomic E-state index is -3.70. The lowest BCUT2D eigenvalue weighted by Crippen LogP contribution is -2.22. The summed E-state index contributed by atoms with van der Waals surface area (Å²) in [6, 6.07) is 12.5. The fraction of sp³-hybridized carbons (Fsp3) is 0.211. The van der Waals surface area contributed by atoms with E-state index in [0.29, 0.717) is 23.7 Å². The second kappa shape index (κ2) is 7.59. The number of halogens is 1. The Morgan fingerprint density at radius 1 is 1.22 bits per heavy atom. The molecular formula is C19H20FN3O3S. The van der Waals surface area contributed by atoms with Gasteiger partial charge >= 0.3 is 0 Å². The SMILES string of the molecule is CC(c1ccc(S(N)(=O)=O)cc1)N(C)Cc1coc(-c2cccc(F)c2)n1. The molecule has 0 spiro atoms. The molecule has 0 saturated carbocycles. The maximum Gasteiger partial charge on any atom is 0.238 e. The lowest BCUT2D eigenvalue weighted by atomic mass is 10.1. The molecule has 0 aliphatic carbocycles. The molecule has 1 heterocycles. The molecule has 3 rings (SSSR count). The van der Waals surface area contributed by atoms with Crippen LogP contribution in [0.5, 0.6) is 0 Å². The molecule has 1 aromatic heterocycles. The van der Waals surface area contributed by atoms with Crippen molar-refractivity contribution in [2.24, 2.45) is 5.14 Å². The van der Waals surface area contributed by atoms with E-state index >= 15 is 0 Å². The molecule has 27 heavy (non-hydrogen) atoms. The van der Waals surface area contributed by atoms with E-state index in [4.69, 9.17) is 9.56 Å². The lowest BCUT2D eigenvalue weighted by molar-refractivity contribution is 0.250. The molecule has 6 nitrogen and oxygen atoms in total. The van der Waals surface area contributed by atoms with Crippen LogP contribution in [0.3, 0.4) is 0 Å². The van der Waals surface area contributed by atoms with Gasteiger partial charge in [-0.05, 0) is 49.9 Å². The van der Waals surface area contributed by atoms with Gasteiger partial charge in [-0.2, -0.15) is 0 Å². The molecule has 0 saturated heterocycles. The van der Waals surface area contributed by atoms with Crippen LogP contribution >= 0.6 is 0 Å². The Morgan fingerprint density at radius 3 is 2.56 bits per heavy atom. The van der Waals surface area contributed by atoms with E-state index in [2.05, 4.69) is 4.98 Å². The van der Waals surface area contributed by atoms with E-state index in [-0.39, 0.29) is 16.8 Å². The molecule has 0 amide bonds. The number of aromatic nitrogens is 1. The molecule has 142 valence electrons. The summed E-state index contributed by atoms with van der Waals surface area (Å²) in [5, 5.41) is 5.12. The van der Waals surface area contributed by atoms with E-state index in [0.717, 1.165) is 5.56 Å². The number of nitrogens with two attached hydrogens (primary N) is 1. The fourth-order valence-electron chi connectivity index (χ4n) is 2.72. The largest absolute Gasteiger partial charge is 0.444 e. The first-order chi connectivity index (χ1) is 12.7. The molecule has 3 aromatic rings. The predicted molar refractivity (Wildman–Crippen MR) is 99.6 cm³/mol. The van der Waals surface area contributed by atoms with Crippen LogP contribution in [-0.2, 0) is 16.6 Å².